The van der Waals surface area contributed by atoms with Crippen molar-refractivity contribution in [2.45, 2.75) is 19.9 Å². The summed E-state index contributed by atoms with van der Waals surface area (Å²) >= 11 is 0. The van der Waals surface area contributed by atoms with E-state index in [9.17, 15) is 4.79 Å². The third-order valence-corrected chi connectivity index (χ3v) is 1.66. The lowest BCUT2D eigenvalue weighted by Gasteiger charge is -2.09. The van der Waals surface area contributed by atoms with Crippen LogP contribution in [0.25, 0.3) is 0 Å². The van der Waals surface area contributed by atoms with E-state index in [1.807, 2.05) is 13.8 Å². The molecule has 0 aliphatic rings. The van der Waals surface area contributed by atoms with E-state index in [1.165, 1.54) is 0 Å². The Labute approximate surface area is 93.8 Å². The summed E-state index contributed by atoms with van der Waals surface area (Å²) in [4.78, 5) is 19.2. The summed E-state index contributed by atoms with van der Waals surface area (Å²) in [5.74, 6) is 5.91. The number of aromatic nitrogens is 2. The van der Waals surface area contributed by atoms with Gasteiger partial charge in [0.15, 0.2) is 0 Å². The van der Waals surface area contributed by atoms with Gasteiger partial charge in [-0.05, 0) is 19.9 Å². The van der Waals surface area contributed by atoms with Crippen molar-refractivity contribution in [3.63, 3.8) is 0 Å². The molecule has 0 fully saturated rings. The fraction of sp³-hybridized carbons (Fsp3) is 0.444. The largest absolute Gasteiger partial charge is 0.361 e. The molecule has 0 aliphatic carbocycles. The summed E-state index contributed by atoms with van der Waals surface area (Å²) in [5, 5.41) is 5.62. The van der Waals surface area contributed by atoms with Crippen molar-refractivity contribution >= 4 is 17.7 Å². The van der Waals surface area contributed by atoms with Crippen LogP contribution in [0.15, 0.2) is 12.3 Å². The number of carbonyl (C=O) groups excluding carboxylic acids is 1. The molecule has 7 nitrogen and oxygen atoms in total. The van der Waals surface area contributed by atoms with Gasteiger partial charge in [0.05, 0.1) is 6.54 Å². The minimum Gasteiger partial charge on any atom is -0.361 e. The molecular weight excluding hydrogens is 208 g/mol. The van der Waals surface area contributed by atoms with Crippen LogP contribution in [-0.4, -0.2) is 28.5 Å². The zero-order valence-electron chi connectivity index (χ0n) is 9.32. The van der Waals surface area contributed by atoms with Crippen LogP contribution in [0.2, 0.25) is 0 Å². The highest BCUT2D eigenvalue weighted by molar-refractivity contribution is 5.80. The van der Waals surface area contributed by atoms with Crippen LogP contribution in [0.1, 0.15) is 13.8 Å². The molecule has 0 bridgehead atoms. The molecule has 16 heavy (non-hydrogen) atoms. The molecule has 1 amide bonds. The van der Waals surface area contributed by atoms with Gasteiger partial charge in [-0.1, -0.05) is 0 Å². The Balaban J connectivity index is 2.45. The van der Waals surface area contributed by atoms with Gasteiger partial charge in [-0.2, -0.15) is 4.98 Å². The topological polar surface area (TPSA) is 105 Å². The maximum absolute atomic E-state index is 11.3. The van der Waals surface area contributed by atoms with E-state index in [1.54, 1.807) is 12.3 Å². The van der Waals surface area contributed by atoms with E-state index < -0.39 is 0 Å². The maximum atomic E-state index is 11.3. The molecule has 0 aromatic carbocycles. The number of hydrogen-bond acceptors (Lipinski definition) is 6. The Bertz CT molecular complexity index is 354. The minimum atomic E-state index is -0.0872. The summed E-state index contributed by atoms with van der Waals surface area (Å²) in [7, 11) is 0. The smallest absolute Gasteiger partial charge is 0.239 e. The van der Waals surface area contributed by atoms with Crippen molar-refractivity contribution in [2.24, 2.45) is 5.84 Å². The zero-order valence-corrected chi connectivity index (χ0v) is 9.32. The van der Waals surface area contributed by atoms with Crippen molar-refractivity contribution < 1.29 is 4.79 Å². The number of rotatable bonds is 5. The van der Waals surface area contributed by atoms with Crippen LogP contribution in [0.4, 0.5) is 11.8 Å². The average molecular weight is 224 g/mol. The number of amides is 1. The summed E-state index contributed by atoms with van der Waals surface area (Å²) in [5.41, 5.74) is 2.32. The summed E-state index contributed by atoms with van der Waals surface area (Å²) in [6.07, 6.45) is 1.55. The second-order valence-electron chi connectivity index (χ2n) is 3.49. The lowest BCUT2D eigenvalue weighted by atomic mass is 10.4. The Morgan fingerprint density at radius 3 is 2.94 bits per heavy atom. The first-order chi connectivity index (χ1) is 7.61. The van der Waals surface area contributed by atoms with Gasteiger partial charge in [-0.3, -0.25) is 10.2 Å². The van der Waals surface area contributed by atoms with Crippen LogP contribution >= 0.6 is 0 Å². The second-order valence-corrected chi connectivity index (χ2v) is 3.49. The average Bonchev–Trinajstić information content (AvgIpc) is 2.26. The molecule has 0 radical (unpaired) electrons. The van der Waals surface area contributed by atoms with E-state index >= 15 is 0 Å². The molecule has 0 spiro atoms. The lowest BCUT2D eigenvalue weighted by molar-refractivity contribution is -0.119. The summed E-state index contributed by atoms with van der Waals surface area (Å²) in [6, 6.07) is 1.78. The monoisotopic (exact) mass is 224 g/mol. The van der Waals surface area contributed by atoms with Crippen molar-refractivity contribution in [3.05, 3.63) is 12.3 Å². The van der Waals surface area contributed by atoms with Gasteiger partial charge < -0.3 is 10.6 Å². The highest BCUT2D eigenvalue weighted by Crippen LogP contribution is 2.03. The molecule has 1 rings (SSSR count). The number of nitrogens with zero attached hydrogens (tertiary/aromatic N) is 2. The Hall–Kier alpha value is -1.89. The predicted octanol–water partition coefficient (Wildman–Crippen LogP) is -0.301. The van der Waals surface area contributed by atoms with Gasteiger partial charge in [0, 0.05) is 12.2 Å². The minimum absolute atomic E-state index is 0.0872. The van der Waals surface area contributed by atoms with E-state index in [0.29, 0.717) is 11.8 Å². The number of anilines is 2. The third kappa shape index (κ3) is 4.09. The quantitative estimate of drug-likeness (QED) is 0.404. The fourth-order valence-electron chi connectivity index (χ4n) is 1.07. The van der Waals surface area contributed by atoms with Gasteiger partial charge in [-0.25, -0.2) is 10.8 Å². The van der Waals surface area contributed by atoms with Crippen LogP contribution in [0, 0.1) is 0 Å². The number of nitrogens with one attached hydrogen (secondary N) is 3. The molecule has 0 atom stereocenters. The molecule has 5 N–H and O–H groups in total. The van der Waals surface area contributed by atoms with Crippen molar-refractivity contribution in [2.75, 3.05) is 17.3 Å². The highest BCUT2D eigenvalue weighted by atomic mass is 16.1. The van der Waals surface area contributed by atoms with Gasteiger partial charge in [0.1, 0.15) is 5.82 Å². The lowest BCUT2D eigenvalue weighted by Crippen LogP contribution is -2.35. The highest BCUT2D eigenvalue weighted by Gasteiger charge is 2.03. The van der Waals surface area contributed by atoms with E-state index in [-0.39, 0.29) is 18.5 Å². The molecule has 1 heterocycles. The number of hydrogen-bond donors (Lipinski definition) is 4. The number of nitrogen functional groups attached to an aromatic ring is 1. The van der Waals surface area contributed by atoms with Crippen LogP contribution in [0.3, 0.4) is 0 Å². The van der Waals surface area contributed by atoms with Crippen molar-refractivity contribution in [1.29, 1.82) is 0 Å². The molecule has 1 aromatic heterocycles. The summed E-state index contributed by atoms with van der Waals surface area (Å²) < 4.78 is 0. The summed E-state index contributed by atoms with van der Waals surface area (Å²) in [6.45, 7) is 3.97. The van der Waals surface area contributed by atoms with E-state index in [2.05, 4.69) is 26.0 Å². The normalized spacial score (nSPS) is 10.0. The van der Waals surface area contributed by atoms with Crippen LogP contribution in [-0.2, 0) is 4.79 Å². The standard InChI is InChI=1S/C9H16N6O/c1-6(2)13-8(16)5-12-7-3-4-11-9(14-7)15-10/h3-4,6H,5,10H2,1-2H3,(H,13,16)(H2,11,12,14,15). The van der Waals surface area contributed by atoms with Gasteiger partial charge in [0.25, 0.3) is 0 Å². The number of carbonyl (C=O) groups is 1. The van der Waals surface area contributed by atoms with Gasteiger partial charge >= 0.3 is 0 Å². The Morgan fingerprint density at radius 1 is 1.56 bits per heavy atom. The van der Waals surface area contributed by atoms with Crippen molar-refractivity contribution in [1.82, 2.24) is 15.3 Å². The van der Waals surface area contributed by atoms with Gasteiger partial charge in [0.2, 0.25) is 11.9 Å². The fourth-order valence-corrected chi connectivity index (χ4v) is 1.07. The molecule has 0 aliphatic heterocycles. The molecule has 1 aromatic rings. The predicted molar refractivity (Wildman–Crippen MR) is 61.6 cm³/mol. The molecule has 7 heteroatoms. The second kappa shape index (κ2) is 5.86. The Morgan fingerprint density at radius 2 is 2.31 bits per heavy atom. The van der Waals surface area contributed by atoms with E-state index in [0.717, 1.165) is 0 Å². The van der Waals surface area contributed by atoms with Crippen molar-refractivity contribution in [3.8, 4) is 0 Å². The number of nitrogens with two attached hydrogens (primary N) is 1. The third-order valence-electron chi connectivity index (χ3n) is 1.66. The zero-order chi connectivity index (χ0) is 12.0. The first-order valence-corrected chi connectivity index (χ1v) is 4.94. The van der Waals surface area contributed by atoms with Crippen LogP contribution in [0.5, 0.6) is 0 Å². The molecule has 88 valence electrons. The molecule has 0 saturated carbocycles. The molecule has 0 unspecified atom stereocenters. The molecular formula is C9H16N6O. The number of hydrazine groups is 1. The van der Waals surface area contributed by atoms with E-state index in [4.69, 9.17) is 5.84 Å². The van der Waals surface area contributed by atoms with Gasteiger partial charge in [-0.15, -0.1) is 0 Å². The first-order valence-electron chi connectivity index (χ1n) is 4.94. The first kappa shape index (κ1) is 12.2. The Kier molecular flexibility index (Phi) is 4.46. The molecule has 0 saturated heterocycles. The SMILES string of the molecule is CC(C)NC(=O)CNc1ccnc(NN)n1. The maximum Gasteiger partial charge on any atom is 0.239 e. The van der Waals surface area contributed by atoms with Crippen LogP contribution < -0.4 is 21.9 Å².